The van der Waals surface area contributed by atoms with E-state index in [9.17, 15) is 4.39 Å². The first-order valence-corrected chi connectivity index (χ1v) is 6.40. The van der Waals surface area contributed by atoms with Crippen molar-refractivity contribution in [3.8, 4) is 0 Å². The summed E-state index contributed by atoms with van der Waals surface area (Å²) in [5, 5.41) is 3.62. The molecule has 0 aromatic heterocycles. The van der Waals surface area contributed by atoms with Gasteiger partial charge in [-0.3, -0.25) is 0 Å². The summed E-state index contributed by atoms with van der Waals surface area (Å²) in [6.07, 6.45) is -3.50. The van der Waals surface area contributed by atoms with E-state index in [0.29, 0.717) is 6.61 Å². The third kappa shape index (κ3) is 2.48. The van der Waals surface area contributed by atoms with Gasteiger partial charge in [-0.1, -0.05) is 35.4 Å². The molecule has 3 heterocycles. The fourth-order valence-corrected chi connectivity index (χ4v) is 2.56. The summed E-state index contributed by atoms with van der Waals surface area (Å²) in [5.74, 6) is 0. The SMILES string of the molecule is [N-]=[N+]=N[C@H]1[C@@H](OCc2ccccc2)[C@H]2CO[C@@H]1[C@@H](F)O2. The fraction of sp³-hybridized carbons (Fsp3) is 0.538. The molecule has 4 rings (SSSR count). The van der Waals surface area contributed by atoms with Gasteiger partial charge in [0.05, 0.1) is 25.4 Å². The van der Waals surface area contributed by atoms with E-state index in [0.717, 1.165) is 5.56 Å². The molecule has 0 N–H and O–H groups in total. The summed E-state index contributed by atoms with van der Waals surface area (Å²) in [6.45, 7) is 0.606. The number of fused-ring (bicyclic) bond motifs is 3. The van der Waals surface area contributed by atoms with Gasteiger partial charge in [0.25, 0.3) is 0 Å². The van der Waals surface area contributed by atoms with Crippen LogP contribution < -0.4 is 0 Å². The quantitative estimate of drug-likeness (QED) is 0.482. The molecule has 1 aromatic rings. The summed E-state index contributed by atoms with van der Waals surface area (Å²) in [5.41, 5.74) is 9.61. The number of rotatable bonds is 4. The Balaban J connectivity index is 1.72. The molecule has 3 aliphatic rings. The van der Waals surface area contributed by atoms with Gasteiger partial charge in [0.2, 0.25) is 6.36 Å². The van der Waals surface area contributed by atoms with Crippen molar-refractivity contribution in [2.45, 2.75) is 37.3 Å². The van der Waals surface area contributed by atoms with Crippen molar-refractivity contribution >= 4 is 0 Å². The van der Waals surface area contributed by atoms with Crippen LogP contribution in [0.3, 0.4) is 0 Å². The second-order valence-corrected chi connectivity index (χ2v) is 4.78. The maximum atomic E-state index is 13.6. The molecule has 0 spiro atoms. The third-order valence-electron chi connectivity index (χ3n) is 3.53. The van der Waals surface area contributed by atoms with E-state index in [-0.39, 0.29) is 6.61 Å². The van der Waals surface area contributed by atoms with E-state index in [1.54, 1.807) is 0 Å². The monoisotopic (exact) mass is 279 g/mol. The largest absolute Gasteiger partial charge is 0.370 e. The summed E-state index contributed by atoms with van der Waals surface area (Å²) in [6, 6.07) is 8.89. The Labute approximate surface area is 115 Å². The Kier molecular flexibility index (Phi) is 3.84. The molecular weight excluding hydrogens is 265 g/mol. The first-order valence-electron chi connectivity index (χ1n) is 6.40. The van der Waals surface area contributed by atoms with E-state index >= 15 is 0 Å². The molecule has 3 aliphatic heterocycles. The van der Waals surface area contributed by atoms with Gasteiger partial charge in [0.1, 0.15) is 12.2 Å². The van der Waals surface area contributed by atoms with Gasteiger partial charge in [0.15, 0.2) is 0 Å². The lowest BCUT2D eigenvalue weighted by molar-refractivity contribution is -0.303. The molecule has 0 radical (unpaired) electrons. The summed E-state index contributed by atoms with van der Waals surface area (Å²) in [7, 11) is 0. The number of hydrogen-bond donors (Lipinski definition) is 0. The number of alkyl halides is 1. The van der Waals surface area contributed by atoms with Crippen LogP contribution >= 0.6 is 0 Å². The van der Waals surface area contributed by atoms with Crippen LogP contribution in [0.1, 0.15) is 5.56 Å². The minimum absolute atomic E-state index is 0.252. The minimum Gasteiger partial charge on any atom is -0.370 e. The van der Waals surface area contributed by atoms with Gasteiger partial charge in [-0.05, 0) is 11.1 Å². The van der Waals surface area contributed by atoms with Crippen molar-refractivity contribution in [1.82, 2.24) is 0 Å². The lowest BCUT2D eigenvalue weighted by Crippen LogP contribution is -2.63. The van der Waals surface area contributed by atoms with Gasteiger partial charge >= 0.3 is 0 Å². The number of ether oxygens (including phenoxy) is 3. The van der Waals surface area contributed by atoms with Crippen LogP contribution in [0.4, 0.5) is 4.39 Å². The van der Waals surface area contributed by atoms with Crippen LogP contribution in [-0.2, 0) is 20.8 Å². The lowest BCUT2D eigenvalue weighted by atomic mass is 9.94. The van der Waals surface area contributed by atoms with Crippen LogP contribution in [0.15, 0.2) is 35.4 Å². The minimum atomic E-state index is -1.57. The van der Waals surface area contributed by atoms with E-state index in [4.69, 9.17) is 19.7 Å². The van der Waals surface area contributed by atoms with E-state index in [1.165, 1.54) is 0 Å². The summed E-state index contributed by atoms with van der Waals surface area (Å²) in [4.78, 5) is 2.76. The zero-order valence-electron chi connectivity index (χ0n) is 10.6. The van der Waals surface area contributed by atoms with Gasteiger partial charge in [-0.2, -0.15) is 0 Å². The molecule has 3 fully saturated rings. The van der Waals surface area contributed by atoms with E-state index < -0.39 is 30.7 Å². The smallest absolute Gasteiger partial charge is 0.226 e. The predicted molar refractivity (Wildman–Crippen MR) is 67.5 cm³/mol. The molecule has 3 saturated heterocycles. The van der Waals surface area contributed by atoms with Crippen LogP contribution in [0.2, 0.25) is 0 Å². The highest BCUT2D eigenvalue weighted by molar-refractivity contribution is 5.13. The normalized spacial score (nSPS) is 35.5. The highest BCUT2D eigenvalue weighted by Crippen LogP contribution is 2.34. The number of hydrogen-bond acceptors (Lipinski definition) is 4. The maximum absolute atomic E-state index is 13.6. The molecule has 7 heteroatoms. The molecule has 0 unspecified atom stereocenters. The molecular formula is C13H14FN3O3. The average Bonchev–Trinajstić information content (AvgIpc) is 2.48. The Bertz CT molecular complexity index is 509. The first-order chi connectivity index (χ1) is 9.79. The maximum Gasteiger partial charge on any atom is 0.226 e. The number of halogens is 1. The van der Waals surface area contributed by atoms with Crippen LogP contribution in [0.5, 0.6) is 0 Å². The van der Waals surface area contributed by atoms with Crippen molar-refractivity contribution in [1.29, 1.82) is 0 Å². The van der Waals surface area contributed by atoms with E-state index in [2.05, 4.69) is 10.0 Å². The van der Waals surface area contributed by atoms with Gasteiger partial charge in [-0.15, -0.1) is 0 Å². The van der Waals surface area contributed by atoms with Crippen LogP contribution in [0.25, 0.3) is 10.4 Å². The summed E-state index contributed by atoms with van der Waals surface area (Å²) >= 11 is 0. The van der Waals surface area contributed by atoms with Crippen LogP contribution in [0, 0.1) is 0 Å². The Hall–Kier alpha value is -1.66. The second-order valence-electron chi connectivity index (χ2n) is 4.78. The van der Waals surface area contributed by atoms with Crippen molar-refractivity contribution in [2.24, 2.45) is 5.11 Å². The van der Waals surface area contributed by atoms with Crippen LogP contribution in [-0.4, -0.2) is 37.3 Å². The van der Waals surface area contributed by atoms with Crippen molar-refractivity contribution in [3.63, 3.8) is 0 Å². The van der Waals surface area contributed by atoms with Gasteiger partial charge < -0.3 is 14.2 Å². The average molecular weight is 279 g/mol. The topological polar surface area (TPSA) is 76.5 Å². The molecule has 0 amide bonds. The second kappa shape index (κ2) is 5.76. The van der Waals surface area contributed by atoms with Crippen molar-refractivity contribution in [3.05, 3.63) is 46.3 Å². The third-order valence-corrected chi connectivity index (χ3v) is 3.53. The first kappa shape index (κ1) is 13.3. The standard InChI is InChI=1S/C13H14FN3O3/c14-13-12-10(16-17-15)11(9(20-13)7-19-12)18-6-8-4-2-1-3-5-8/h1-5,9-13H,6-7H2/t9-,10+,11+,12+,13+/m1/s1. The highest BCUT2D eigenvalue weighted by atomic mass is 19.1. The number of azide groups is 1. The van der Waals surface area contributed by atoms with Crippen molar-refractivity contribution in [2.75, 3.05) is 6.61 Å². The zero-order chi connectivity index (χ0) is 13.9. The molecule has 0 aliphatic carbocycles. The summed E-state index contributed by atoms with van der Waals surface area (Å²) < 4.78 is 29.8. The van der Waals surface area contributed by atoms with Crippen molar-refractivity contribution < 1.29 is 18.6 Å². The highest BCUT2D eigenvalue weighted by Gasteiger charge is 2.51. The molecule has 5 atom stereocenters. The Morgan fingerprint density at radius 2 is 2.20 bits per heavy atom. The lowest BCUT2D eigenvalue weighted by Gasteiger charge is -2.47. The Morgan fingerprint density at radius 1 is 1.40 bits per heavy atom. The molecule has 20 heavy (non-hydrogen) atoms. The molecule has 106 valence electrons. The zero-order valence-corrected chi connectivity index (χ0v) is 10.6. The van der Waals surface area contributed by atoms with E-state index in [1.807, 2.05) is 30.3 Å². The number of nitrogens with zero attached hydrogens (tertiary/aromatic N) is 3. The predicted octanol–water partition coefficient (Wildman–Crippen LogP) is 2.34. The van der Waals surface area contributed by atoms with Gasteiger partial charge in [0, 0.05) is 4.91 Å². The molecule has 0 saturated carbocycles. The molecule has 6 nitrogen and oxygen atoms in total. The number of benzene rings is 1. The van der Waals surface area contributed by atoms with Gasteiger partial charge in [-0.25, -0.2) is 4.39 Å². The molecule has 2 bridgehead atoms. The fourth-order valence-electron chi connectivity index (χ4n) is 2.56. The molecule has 1 aromatic carbocycles. The Morgan fingerprint density at radius 3 is 2.90 bits per heavy atom.